The van der Waals surface area contributed by atoms with E-state index in [-0.39, 0.29) is 0 Å². The number of benzene rings is 3. The Labute approximate surface area is 261 Å². The summed E-state index contributed by atoms with van der Waals surface area (Å²) in [5.74, 6) is -24.8. The lowest BCUT2D eigenvalue weighted by Crippen LogP contribution is -2.07. The minimum absolute atomic E-state index is 0.554. The molecule has 3 aromatic rings. The van der Waals surface area contributed by atoms with E-state index >= 15 is 17.6 Å². The lowest BCUT2D eigenvalue weighted by molar-refractivity contribution is 0.376. The van der Waals surface area contributed by atoms with Gasteiger partial charge in [0.2, 0.25) is 17.3 Å². The molecule has 3 aromatic carbocycles. The number of rotatable bonds is 2. The number of hydrogen-bond donors (Lipinski definition) is 0. The minimum Gasteiger partial charge on any atom is -0.237 e. The van der Waals surface area contributed by atoms with Gasteiger partial charge in [-0.1, -0.05) is 6.07 Å². The molecular formula is C32H2F10N6. The van der Waals surface area contributed by atoms with Crippen molar-refractivity contribution in [2.45, 2.75) is 0 Å². The third-order valence-electron chi connectivity index (χ3n) is 7.26. The fraction of sp³-hybridized carbons (Fsp3) is 0. The van der Waals surface area contributed by atoms with Crippen molar-refractivity contribution in [1.82, 2.24) is 0 Å². The summed E-state index contributed by atoms with van der Waals surface area (Å²) in [5.41, 5.74) is -13.9. The van der Waals surface area contributed by atoms with Crippen LogP contribution in [-0.4, -0.2) is 0 Å². The predicted octanol–water partition coefficient (Wildman–Crippen LogP) is 8.63. The van der Waals surface area contributed by atoms with Crippen LogP contribution >= 0.6 is 0 Å². The zero-order valence-electron chi connectivity index (χ0n) is 22.6. The zero-order chi connectivity index (χ0) is 35.5. The first-order valence-corrected chi connectivity index (χ1v) is 12.3. The Bertz CT molecular complexity index is 2260. The maximum atomic E-state index is 15.1. The van der Waals surface area contributed by atoms with Crippen LogP contribution in [0, 0.1) is 112 Å². The Balaban J connectivity index is 2.03. The second-order valence-electron chi connectivity index (χ2n) is 9.42. The zero-order valence-corrected chi connectivity index (χ0v) is 22.6. The van der Waals surface area contributed by atoms with Crippen LogP contribution in [0.15, 0.2) is 23.5 Å². The monoisotopic (exact) mass is 660 g/mol. The van der Waals surface area contributed by atoms with Crippen LogP contribution in [0.3, 0.4) is 0 Å². The molecule has 0 unspecified atom stereocenters. The van der Waals surface area contributed by atoms with E-state index in [1.54, 1.807) is 0 Å². The minimum atomic E-state index is -2.58. The summed E-state index contributed by atoms with van der Waals surface area (Å²) in [6.45, 7) is 22.5. The Kier molecular flexibility index (Phi) is 7.62. The van der Waals surface area contributed by atoms with E-state index in [4.69, 9.17) is 19.7 Å². The second-order valence-corrected chi connectivity index (χ2v) is 9.42. The Morgan fingerprint density at radius 3 is 1.23 bits per heavy atom. The van der Waals surface area contributed by atoms with Gasteiger partial charge in [-0.25, -0.2) is 69.0 Å². The molecule has 0 aliphatic heterocycles. The van der Waals surface area contributed by atoms with Crippen LogP contribution in [0.25, 0.3) is 48.1 Å². The topological polar surface area (TPSA) is 84.5 Å². The number of halogens is 10. The van der Waals surface area contributed by atoms with Gasteiger partial charge in [0.15, 0.2) is 46.5 Å². The van der Waals surface area contributed by atoms with Crippen LogP contribution in [0.1, 0.15) is 33.4 Å². The van der Waals surface area contributed by atoms with E-state index in [1.807, 2.05) is 0 Å². The molecule has 0 spiro atoms. The van der Waals surface area contributed by atoms with Gasteiger partial charge in [0.1, 0.15) is 6.07 Å². The molecule has 16 heteroatoms. The lowest BCUT2D eigenvalue weighted by atomic mass is 9.90. The highest BCUT2D eigenvalue weighted by Gasteiger charge is 2.42. The van der Waals surface area contributed by atoms with Crippen molar-refractivity contribution in [1.29, 1.82) is 15.8 Å². The normalized spacial score (nSPS) is 15.1. The third kappa shape index (κ3) is 4.08. The van der Waals surface area contributed by atoms with Crippen LogP contribution < -0.4 is 0 Å². The van der Waals surface area contributed by atoms with Crippen LogP contribution in [0.2, 0.25) is 0 Å². The number of nitrogens with zero attached hydrogens (tertiary/aromatic N) is 6. The number of hydrogen-bond acceptors (Lipinski definition) is 3. The number of fused-ring (bicyclic) bond motifs is 2. The molecule has 5 rings (SSSR count). The maximum Gasteiger partial charge on any atom is 0.270 e. The molecule has 6 nitrogen and oxygen atoms in total. The van der Waals surface area contributed by atoms with Gasteiger partial charge in [0.05, 0.1) is 43.0 Å². The maximum absolute atomic E-state index is 15.1. The molecule has 48 heavy (non-hydrogen) atoms. The average molecular weight is 660 g/mol. The molecule has 0 atom stereocenters. The quantitative estimate of drug-likeness (QED) is 0.0907. The molecule has 0 fully saturated rings. The van der Waals surface area contributed by atoms with Gasteiger partial charge < -0.3 is 0 Å². The van der Waals surface area contributed by atoms with Gasteiger partial charge in [-0.05, 0) is 39.5 Å². The van der Waals surface area contributed by atoms with Crippen molar-refractivity contribution in [3.8, 4) is 18.2 Å². The van der Waals surface area contributed by atoms with Gasteiger partial charge >= 0.3 is 0 Å². The van der Waals surface area contributed by atoms with E-state index in [0.29, 0.717) is 0 Å². The van der Waals surface area contributed by atoms with Crippen molar-refractivity contribution < 1.29 is 43.9 Å². The predicted molar refractivity (Wildman–Crippen MR) is 143 cm³/mol. The van der Waals surface area contributed by atoms with Crippen LogP contribution in [0.5, 0.6) is 0 Å². The Morgan fingerprint density at radius 2 is 0.854 bits per heavy atom. The first kappa shape index (κ1) is 32.3. The first-order valence-electron chi connectivity index (χ1n) is 12.3. The molecule has 2 aliphatic rings. The highest BCUT2D eigenvalue weighted by Crippen LogP contribution is 2.56. The highest BCUT2D eigenvalue weighted by molar-refractivity contribution is 6.29. The van der Waals surface area contributed by atoms with E-state index in [2.05, 4.69) is 14.5 Å². The van der Waals surface area contributed by atoms with Crippen molar-refractivity contribution >= 4 is 33.6 Å². The second kappa shape index (κ2) is 11.3. The van der Waals surface area contributed by atoms with Gasteiger partial charge in [-0.15, -0.1) is 0 Å². The molecule has 0 saturated carbocycles. The van der Waals surface area contributed by atoms with E-state index < -0.39 is 137 Å². The van der Waals surface area contributed by atoms with Crippen LogP contribution in [-0.2, 0) is 0 Å². The fourth-order valence-electron chi connectivity index (χ4n) is 5.34. The SMILES string of the molecule is [C-]#[N+]C1=C(c2c(F)c(F)c(F)c(F)c2F)/C(=C(/C#N)[N+]#[C-])c2cc3c(cc21)C(C#N)=C(c1c(F)c(F)c(F)c(F)c1F)/C3=C(\C#N)[N+]#[C-]. The van der Waals surface area contributed by atoms with Crippen molar-refractivity contribution in [3.05, 3.63) is 149 Å². The summed E-state index contributed by atoms with van der Waals surface area (Å²) in [5, 5.41) is 29.5. The molecule has 0 N–H and O–H groups in total. The van der Waals surface area contributed by atoms with Crippen molar-refractivity contribution in [2.75, 3.05) is 0 Å². The summed E-state index contributed by atoms with van der Waals surface area (Å²) < 4.78 is 146. The van der Waals surface area contributed by atoms with E-state index in [0.717, 1.165) is 12.1 Å². The largest absolute Gasteiger partial charge is 0.270 e. The molecule has 2 aliphatic carbocycles. The van der Waals surface area contributed by atoms with Gasteiger partial charge in [-0.2, -0.15) is 5.26 Å². The summed E-state index contributed by atoms with van der Waals surface area (Å²) in [6.07, 6.45) is 0. The van der Waals surface area contributed by atoms with Crippen LogP contribution in [0.4, 0.5) is 43.9 Å². The van der Waals surface area contributed by atoms with E-state index in [1.165, 1.54) is 18.2 Å². The smallest absolute Gasteiger partial charge is 0.237 e. The molecular weight excluding hydrogens is 658 g/mol. The molecule has 0 bridgehead atoms. The third-order valence-corrected chi connectivity index (χ3v) is 7.26. The standard InChI is InChI=1S/C32H2F10N6/c1-46-14(7-44)16-10-5-11-12(4-9(10)13(6-43)18(16)20-22(33)26(37)30(41)27(38)23(20)34)32(48-3)19(17(11)15(8-45)47-2)21-24(35)28(39)31(42)29(40)25(21)36/h4-5H/b16-14+,17-15-. The molecule has 0 heterocycles. The van der Waals surface area contributed by atoms with Gasteiger partial charge in [-0.3, -0.25) is 0 Å². The van der Waals surface area contributed by atoms with E-state index in [9.17, 15) is 42.1 Å². The summed E-state index contributed by atoms with van der Waals surface area (Å²) >= 11 is 0. The van der Waals surface area contributed by atoms with Crippen molar-refractivity contribution in [2.24, 2.45) is 0 Å². The fourth-order valence-corrected chi connectivity index (χ4v) is 5.34. The first-order chi connectivity index (χ1) is 22.8. The number of nitriles is 3. The number of allylic oxidation sites excluding steroid dienone is 7. The summed E-state index contributed by atoms with van der Waals surface area (Å²) in [4.78, 5) is 8.91. The molecule has 0 amide bonds. The Hall–Kier alpha value is -7.14. The average Bonchev–Trinajstić information content (AvgIpc) is 3.56. The molecule has 0 aromatic heterocycles. The van der Waals surface area contributed by atoms with Gasteiger partial charge in [0.25, 0.3) is 11.4 Å². The van der Waals surface area contributed by atoms with Gasteiger partial charge in [0, 0.05) is 16.7 Å². The molecule has 230 valence electrons. The summed E-state index contributed by atoms with van der Waals surface area (Å²) in [7, 11) is 0. The molecule has 0 saturated heterocycles. The highest BCUT2D eigenvalue weighted by atomic mass is 19.2. The van der Waals surface area contributed by atoms with Crippen molar-refractivity contribution in [3.63, 3.8) is 0 Å². The Morgan fingerprint density at radius 1 is 0.500 bits per heavy atom. The summed E-state index contributed by atoms with van der Waals surface area (Å²) in [6, 6.07) is 5.71. The lowest BCUT2D eigenvalue weighted by Gasteiger charge is -2.15. The molecule has 0 radical (unpaired) electrons.